The first kappa shape index (κ1) is 21.7. The number of carbonyl (C=O) groups is 2. The van der Waals surface area contributed by atoms with E-state index in [0.717, 1.165) is 18.7 Å². The largest absolute Gasteiger partial charge is 0.338 e. The Bertz CT molecular complexity index is 800. The molecule has 2 fully saturated rings. The molecule has 2 aliphatic rings. The van der Waals surface area contributed by atoms with Crippen molar-refractivity contribution in [1.82, 2.24) is 10.2 Å². The molecule has 27 heavy (non-hydrogen) atoms. The third-order valence-electron chi connectivity index (χ3n) is 4.95. The molecule has 150 valence electrons. The number of halogens is 1. The molecular weight excluding hydrogens is 390 g/mol. The summed E-state index contributed by atoms with van der Waals surface area (Å²) in [6.07, 6.45) is 0.606. The van der Waals surface area contributed by atoms with Crippen molar-refractivity contribution in [2.24, 2.45) is 5.92 Å². The lowest BCUT2D eigenvalue weighted by Gasteiger charge is -2.23. The predicted octanol–water partition coefficient (Wildman–Crippen LogP) is 1.19. The Hall–Kier alpha value is -1.64. The number of anilines is 1. The molecule has 1 aromatic rings. The van der Waals surface area contributed by atoms with Crippen LogP contribution in [0.3, 0.4) is 0 Å². The van der Waals surface area contributed by atoms with Gasteiger partial charge < -0.3 is 15.5 Å². The minimum Gasteiger partial charge on any atom is -0.338 e. The van der Waals surface area contributed by atoms with Crippen LogP contribution in [0.1, 0.15) is 25.3 Å². The van der Waals surface area contributed by atoms with Crippen molar-refractivity contribution >= 4 is 39.7 Å². The van der Waals surface area contributed by atoms with Gasteiger partial charge in [-0.15, -0.1) is 12.4 Å². The molecule has 1 aromatic carbocycles. The van der Waals surface area contributed by atoms with Gasteiger partial charge in [0.05, 0.1) is 17.4 Å². The predicted molar refractivity (Wildman–Crippen MR) is 107 cm³/mol. The standard InChI is InChI=1S/C18H25N3O4S.ClH/c1-2-19-10-13-4-3-5-15(8-13)20-18(23)14-9-17(22)21(11-14)16-6-7-26(24,25)12-16;/h3-5,8,14,16,19H,2,6-7,9-12H2,1H3,(H,20,23);1H. The fraction of sp³-hybridized carbons (Fsp3) is 0.556. The lowest BCUT2D eigenvalue weighted by molar-refractivity contribution is -0.129. The maximum atomic E-state index is 12.5. The van der Waals surface area contributed by atoms with Gasteiger partial charge in [-0.2, -0.15) is 0 Å². The summed E-state index contributed by atoms with van der Waals surface area (Å²) in [6.45, 7) is 3.92. The first-order valence-corrected chi connectivity index (χ1v) is 10.8. The van der Waals surface area contributed by atoms with Gasteiger partial charge in [0.15, 0.2) is 9.84 Å². The zero-order valence-corrected chi connectivity index (χ0v) is 16.9. The van der Waals surface area contributed by atoms with Crippen LogP contribution in [0.2, 0.25) is 0 Å². The van der Waals surface area contributed by atoms with E-state index in [1.807, 2.05) is 31.2 Å². The van der Waals surface area contributed by atoms with Crippen LogP contribution in [-0.4, -0.2) is 55.8 Å². The molecule has 0 aromatic heterocycles. The molecule has 2 N–H and O–H groups in total. The van der Waals surface area contributed by atoms with Crippen molar-refractivity contribution in [2.45, 2.75) is 32.4 Å². The number of benzene rings is 1. The van der Waals surface area contributed by atoms with Crippen LogP contribution in [-0.2, 0) is 26.0 Å². The SMILES string of the molecule is CCNCc1cccc(NC(=O)C2CC(=O)N(C3CCS(=O)(=O)C3)C2)c1.Cl. The van der Waals surface area contributed by atoms with Crippen LogP contribution >= 0.6 is 12.4 Å². The van der Waals surface area contributed by atoms with Crippen molar-refractivity contribution < 1.29 is 18.0 Å². The Labute approximate surface area is 166 Å². The fourth-order valence-corrected chi connectivity index (χ4v) is 5.28. The summed E-state index contributed by atoms with van der Waals surface area (Å²) in [7, 11) is -3.06. The van der Waals surface area contributed by atoms with E-state index in [1.54, 1.807) is 4.90 Å². The minimum absolute atomic E-state index is 0. The average Bonchev–Trinajstić information content (AvgIpc) is 3.15. The molecule has 3 rings (SSSR count). The van der Waals surface area contributed by atoms with Crippen LogP contribution < -0.4 is 10.6 Å². The first-order valence-electron chi connectivity index (χ1n) is 8.98. The molecule has 0 aliphatic carbocycles. The lowest BCUT2D eigenvalue weighted by Crippen LogP contribution is -2.38. The van der Waals surface area contributed by atoms with Gasteiger partial charge in [-0.1, -0.05) is 19.1 Å². The average molecular weight is 416 g/mol. The van der Waals surface area contributed by atoms with Gasteiger partial charge in [-0.05, 0) is 30.7 Å². The van der Waals surface area contributed by atoms with Crippen LogP contribution in [0.15, 0.2) is 24.3 Å². The zero-order chi connectivity index (χ0) is 18.7. The molecule has 2 aliphatic heterocycles. The van der Waals surface area contributed by atoms with Crippen LogP contribution in [0.5, 0.6) is 0 Å². The summed E-state index contributed by atoms with van der Waals surface area (Å²) >= 11 is 0. The van der Waals surface area contributed by atoms with Crippen molar-refractivity contribution in [2.75, 3.05) is 29.9 Å². The molecule has 9 heteroatoms. The van der Waals surface area contributed by atoms with E-state index < -0.39 is 15.8 Å². The highest BCUT2D eigenvalue weighted by Crippen LogP contribution is 2.27. The lowest BCUT2D eigenvalue weighted by atomic mass is 10.1. The third-order valence-corrected chi connectivity index (χ3v) is 6.70. The van der Waals surface area contributed by atoms with E-state index in [0.29, 0.717) is 18.7 Å². The number of hydrogen-bond donors (Lipinski definition) is 2. The van der Waals surface area contributed by atoms with E-state index in [4.69, 9.17) is 0 Å². The molecule has 2 amide bonds. The van der Waals surface area contributed by atoms with Crippen molar-refractivity contribution in [1.29, 1.82) is 0 Å². The number of amides is 2. The topological polar surface area (TPSA) is 95.6 Å². The molecule has 2 atom stereocenters. The minimum atomic E-state index is -3.06. The van der Waals surface area contributed by atoms with E-state index in [2.05, 4.69) is 10.6 Å². The van der Waals surface area contributed by atoms with Gasteiger partial charge in [-0.25, -0.2) is 8.42 Å². The highest BCUT2D eigenvalue weighted by Gasteiger charge is 2.41. The van der Waals surface area contributed by atoms with Gasteiger partial charge in [0.1, 0.15) is 0 Å². The van der Waals surface area contributed by atoms with Gasteiger partial charge in [0, 0.05) is 31.2 Å². The second-order valence-corrected chi connectivity index (χ2v) is 9.20. The van der Waals surface area contributed by atoms with E-state index >= 15 is 0 Å². The van der Waals surface area contributed by atoms with Crippen molar-refractivity contribution in [3.63, 3.8) is 0 Å². The van der Waals surface area contributed by atoms with E-state index in [1.165, 1.54) is 0 Å². The number of carbonyl (C=O) groups excluding carboxylic acids is 2. The van der Waals surface area contributed by atoms with E-state index in [9.17, 15) is 18.0 Å². The summed E-state index contributed by atoms with van der Waals surface area (Å²) in [6, 6.07) is 7.33. The summed E-state index contributed by atoms with van der Waals surface area (Å²) in [4.78, 5) is 26.4. The van der Waals surface area contributed by atoms with Crippen molar-refractivity contribution in [3.05, 3.63) is 29.8 Å². The monoisotopic (exact) mass is 415 g/mol. The number of likely N-dealkylation sites (tertiary alicyclic amines) is 1. The summed E-state index contributed by atoms with van der Waals surface area (Å²) < 4.78 is 23.3. The molecule has 7 nitrogen and oxygen atoms in total. The molecular formula is C18H26ClN3O4S. The maximum Gasteiger partial charge on any atom is 0.229 e. The summed E-state index contributed by atoms with van der Waals surface area (Å²) in [5.41, 5.74) is 1.78. The number of sulfone groups is 1. The van der Waals surface area contributed by atoms with Gasteiger partial charge in [-0.3, -0.25) is 9.59 Å². The number of hydrogen-bond acceptors (Lipinski definition) is 5. The highest BCUT2D eigenvalue weighted by atomic mass is 35.5. The Balaban J connectivity index is 0.00000261. The Morgan fingerprint density at radius 2 is 2.11 bits per heavy atom. The van der Waals surface area contributed by atoms with Gasteiger partial charge in [0.25, 0.3) is 0 Å². The first-order chi connectivity index (χ1) is 12.4. The number of nitrogens with zero attached hydrogens (tertiary/aromatic N) is 1. The maximum absolute atomic E-state index is 12.5. The molecule has 2 heterocycles. The summed E-state index contributed by atoms with van der Waals surface area (Å²) in [5.74, 6) is -0.630. The molecule has 2 unspecified atom stereocenters. The fourth-order valence-electron chi connectivity index (χ4n) is 3.55. The summed E-state index contributed by atoms with van der Waals surface area (Å²) in [5, 5.41) is 6.12. The normalized spacial score (nSPS) is 23.9. The van der Waals surface area contributed by atoms with Gasteiger partial charge >= 0.3 is 0 Å². The Morgan fingerprint density at radius 3 is 2.78 bits per heavy atom. The van der Waals surface area contributed by atoms with Crippen LogP contribution in [0.4, 0.5) is 5.69 Å². The third kappa shape index (κ3) is 5.43. The Kier molecular flexibility index (Phi) is 7.25. The smallest absolute Gasteiger partial charge is 0.229 e. The molecule has 0 bridgehead atoms. The molecule has 2 saturated heterocycles. The molecule has 0 radical (unpaired) electrons. The quantitative estimate of drug-likeness (QED) is 0.727. The zero-order valence-electron chi connectivity index (χ0n) is 15.3. The molecule has 0 spiro atoms. The second-order valence-electron chi connectivity index (χ2n) is 6.97. The van der Waals surface area contributed by atoms with Crippen LogP contribution in [0.25, 0.3) is 0 Å². The highest BCUT2D eigenvalue weighted by molar-refractivity contribution is 7.91. The Morgan fingerprint density at radius 1 is 1.33 bits per heavy atom. The van der Waals surface area contributed by atoms with E-state index in [-0.39, 0.29) is 48.2 Å². The number of nitrogens with one attached hydrogen (secondary N) is 2. The molecule has 0 saturated carbocycles. The van der Waals surface area contributed by atoms with Gasteiger partial charge in [0.2, 0.25) is 11.8 Å². The number of rotatable bonds is 6. The van der Waals surface area contributed by atoms with Crippen molar-refractivity contribution in [3.8, 4) is 0 Å². The van der Waals surface area contributed by atoms with Crippen LogP contribution in [0, 0.1) is 5.92 Å². The second kappa shape index (κ2) is 9.03.